The summed E-state index contributed by atoms with van der Waals surface area (Å²) >= 11 is 0. The van der Waals surface area contributed by atoms with Gasteiger partial charge in [0, 0.05) is 18.5 Å². The van der Waals surface area contributed by atoms with Gasteiger partial charge in [-0.2, -0.15) is 0 Å². The smallest absolute Gasteiger partial charge is 0.269 e. The third-order valence-electron chi connectivity index (χ3n) is 3.59. The first-order valence-electron chi connectivity index (χ1n) is 7.79. The van der Waals surface area contributed by atoms with E-state index < -0.39 is 21.8 Å². The lowest BCUT2D eigenvalue weighted by Crippen LogP contribution is -2.43. The highest BCUT2D eigenvalue weighted by molar-refractivity contribution is 7.89. The summed E-state index contributed by atoms with van der Waals surface area (Å²) in [5.41, 5.74) is 5.99. The molecule has 2 amide bonds. The molecule has 3 N–H and O–H groups in total. The lowest BCUT2D eigenvalue weighted by molar-refractivity contribution is -0.121. The second-order valence-corrected chi connectivity index (χ2v) is 7.32. The quantitative estimate of drug-likeness (QED) is 0.633. The maximum absolute atomic E-state index is 12.2. The van der Waals surface area contributed by atoms with Crippen molar-refractivity contribution in [3.63, 3.8) is 0 Å². The van der Waals surface area contributed by atoms with E-state index in [1.807, 2.05) is 0 Å². The topological polar surface area (TPSA) is 130 Å². The number of carbonyl (C=O) groups is 2. The van der Waals surface area contributed by atoms with E-state index in [0.717, 1.165) is 5.56 Å². The van der Waals surface area contributed by atoms with Crippen molar-refractivity contribution < 1.29 is 22.5 Å². The Morgan fingerprint density at radius 2 is 1.81 bits per heavy atom. The minimum atomic E-state index is -3.83. The lowest BCUT2D eigenvalue weighted by Gasteiger charge is -2.09. The molecule has 0 atom stereocenters. The number of nitrogens with one attached hydrogen (secondary N) is 3. The van der Waals surface area contributed by atoms with Gasteiger partial charge in [-0.15, -0.1) is 0 Å². The van der Waals surface area contributed by atoms with Crippen LogP contribution in [0.2, 0.25) is 0 Å². The molecule has 0 saturated carbocycles. The molecule has 0 unspecified atom stereocenters. The van der Waals surface area contributed by atoms with Crippen LogP contribution in [-0.2, 0) is 14.8 Å². The molecular weight excluding hydrogens is 360 g/mol. The van der Waals surface area contributed by atoms with Gasteiger partial charge < -0.3 is 4.52 Å². The van der Waals surface area contributed by atoms with Crippen LogP contribution in [0.1, 0.15) is 33.8 Å². The van der Waals surface area contributed by atoms with Crippen molar-refractivity contribution in [1.29, 1.82) is 0 Å². The highest BCUT2D eigenvalue weighted by Gasteiger charge is 2.23. The van der Waals surface area contributed by atoms with Gasteiger partial charge in [-0.1, -0.05) is 23.4 Å². The standard InChI is InChI=1S/C16H20N4O5S/c1-10-6-4-5-7-13(10)16(22)19-18-14(21)8-9-17-26(23,24)15-11(2)20-25-12(15)3/h4-7,17H,8-9H2,1-3H3,(H,18,21)(H,19,22). The molecule has 1 aromatic carbocycles. The first-order chi connectivity index (χ1) is 12.2. The van der Waals surface area contributed by atoms with Gasteiger partial charge in [0.25, 0.3) is 5.91 Å². The average Bonchev–Trinajstić information content (AvgIpc) is 2.92. The number of carbonyl (C=O) groups excluding carboxylic acids is 2. The predicted molar refractivity (Wildman–Crippen MR) is 92.6 cm³/mol. The Balaban J connectivity index is 1.82. The normalized spacial score (nSPS) is 11.2. The van der Waals surface area contributed by atoms with Crippen LogP contribution >= 0.6 is 0 Å². The number of hydrazine groups is 1. The third-order valence-corrected chi connectivity index (χ3v) is 5.29. The number of aryl methyl sites for hydroxylation is 3. The van der Waals surface area contributed by atoms with E-state index in [1.54, 1.807) is 31.2 Å². The Bertz CT molecular complexity index is 901. The molecule has 0 fully saturated rings. The fourth-order valence-corrected chi connectivity index (χ4v) is 3.67. The molecule has 1 aromatic heterocycles. The third kappa shape index (κ3) is 4.67. The Morgan fingerprint density at radius 1 is 1.12 bits per heavy atom. The van der Waals surface area contributed by atoms with Gasteiger partial charge in [-0.3, -0.25) is 20.4 Å². The fraction of sp³-hybridized carbons (Fsp3) is 0.312. The van der Waals surface area contributed by atoms with E-state index in [4.69, 9.17) is 4.52 Å². The van der Waals surface area contributed by atoms with E-state index in [2.05, 4.69) is 20.7 Å². The number of amides is 2. The van der Waals surface area contributed by atoms with E-state index in [9.17, 15) is 18.0 Å². The molecule has 0 aliphatic rings. The summed E-state index contributed by atoms with van der Waals surface area (Å²) in [5.74, 6) is -0.814. The number of hydrogen-bond donors (Lipinski definition) is 3. The second kappa shape index (κ2) is 8.11. The summed E-state index contributed by atoms with van der Waals surface area (Å²) < 4.78 is 31.5. The number of sulfonamides is 1. The fourth-order valence-electron chi connectivity index (χ4n) is 2.31. The van der Waals surface area contributed by atoms with Gasteiger partial charge in [-0.25, -0.2) is 13.1 Å². The van der Waals surface area contributed by atoms with Gasteiger partial charge in [0.15, 0.2) is 5.76 Å². The van der Waals surface area contributed by atoms with Crippen LogP contribution in [0, 0.1) is 20.8 Å². The van der Waals surface area contributed by atoms with E-state index in [1.165, 1.54) is 13.8 Å². The van der Waals surface area contributed by atoms with Gasteiger partial charge in [0.2, 0.25) is 15.9 Å². The van der Waals surface area contributed by atoms with Crippen molar-refractivity contribution in [2.24, 2.45) is 0 Å². The maximum atomic E-state index is 12.2. The number of benzene rings is 1. The number of hydrogen-bond acceptors (Lipinski definition) is 6. The molecule has 2 rings (SSSR count). The number of rotatable bonds is 6. The van der Waals surface area contributed by atoms with E-state index in [-0.39, 0.29) is 29.3 Å². The Kier molecular flexibility index (Phi) is 6.11. The Hall–Kier alpha value is -2.72. The Labute approximate surface area is 151 Å². The van der Waals surface area contributed by atoms with Crippen LogP contribution in [0.15, 0.2) is 33.7 Å². The summed E-state index contributed by atoms with van der Waals surface area (Å²) in [6.07, 6.45) is -0.156. The summed E-state index contributed by atoms with van der Waals surface area (Å²) in [4.78, 5) is 23.7. The van der Waals surface area contributed by atoms with Crippen LogP contribution in [-0.4, -0.2) is 31.9 Å². The molecule has 26 heavy (non-hydrogen) atoms. The van der Waals surface area contributed by atoms with Crippen molar-refractivity contribution in [2.45, 2.75) is 32.1 Å². The highest BCUT2D eigenvalue weighted by Crippen LogP contribution is 2.18. The molecule has 0 saturated heterocycles. The summed E-state index contributed by atoms with van der Waals surface area (Å²) in [6.45, 7) is 4.64. The number of aromatic nitrogens is 1. The van der Waals surface area contributed by atoms with Crippen LogP contribution in [0.4, 0.5) is 0 Å². The molecule has 1 heterocycles. The molecule has 140 valence electrons. The molecule has 0 aliphatic heterocycles. The van der Waals surface area contributed by atoms with Crippen LogP contribution in [0.25, 0.3) is 0 Å². The molecule has 0 radical (unpaired) electrons. The van der Waals surface area contributed by atoms with Crippen molar-refractivity contribution >= 4 is 21.8 Å². The van der Waals surface area contributed by atoms with Crippen LogP contribution in [0.3, 0.4) is 0 Å². The maximum Gasteiger partial charge on any atom is 0.269 e. The molecule has 10 heteroatoms. The summed E-state index contributed by atoms with van der Waals surface area (Å²) in [5, 5.41) is 3.59. The molecule has 9 nitrogen and oxygen atoms in total. The lowest BCUT2D eigenvalue weighted by atomic mass is 10.1. The van der Waals surface area contributed by atoms with E-state index in [0.29, 0.717) is 5.56 Å². The molecule has 0 bridgehead atoms. The zero-order valence-electron chi connectivity index (χ0n) is 14.6. The summed E-state index contributed by atoms with van der Waals surface area (Å²) in [7, 11) is -3.83. The van der Waals surface area contributed by atoms with Gasteiger partial charge in [0.05, 0.1) is 0 Å². The van der Waals surface area contributed by atoms with Crippen LogP contribution < -0.4 is 15.6 Å². The largest absolute Gasteiger partial charge is 0.360 e. The molecule has 0 aliphatic carbocycles. The first kappa shape index (κ1) is 19.6. The highest BCUT2D eigenvalue weighted by atomic mass is 32.2. The zero-order chi connectivity index (χ0) is 19.3. The SMILES string of the molecule is Cc1ccccc1C(=O)NNC(=O)CCNS(=O)(=O)c1c(C)noc1C. The average molecular weight is 380 g/mol. The minimum Gasteiger partial charge on any atom is -0.360 e. The monoisotopic (exact) mass is 380 g/mol. The van der Waals surface area contributed by atoms with Crippen molar-refractivity contribution in [3.05, 3.63) is 46.8 Å². The van der Waals surface area contributed by atoms with Gasteiger partial charge >= 0.3 is 0 Å². The van der Waals surface area contributed by atoms with Crippen molar-refractivity contribution in [3.8, 4) is 0 Å². The number of nitrogens with zero attached hydrogens (tertiary/aromatic N) is 1. The first-order valence-corrected chi connectivity index (χ1v) is 9.28. The Morgan fingerprint density at radius 3 is 2.42 bits per heavy atom. The van der Waals surface area contributed by atoms with Gasteiger partial charge in [-0.05, 0) is 32.4 Å². The van der Waals surface area contributed by atoms with Gasteiger partial charge in [0.1, 0.15) is 10.6 Å². The van der Waals surface area contributed by atoms with E-state index >= 15 is 0 Å². The summed E-state index contributed by atoms with van der Waals surface area (Å²) in [6, 6.07) is 6.93. The minimum absolute atomic E-state index is 0.0363. The predicted octanol–water partition coefficient (Wildman–Crippen LogP) is 0.729. The zero-order valence-corrected chi connectivity index (χ0v) is 15.4. The van der Waals surface area contributed by atoms with Crippen LogP contribution in [0.5, 0.6) is 0 Å². The molecular formula is C16H20N4O5S. The second-order valence-electron chi connectivity index (χ2n) is 5.62. The van der Waals surface area contributed by atoms with Crippen molar-refractivity contribution in [2.75, 3.05) is 6.54 Å². The molecule has 0 spiro atoms. The van der Waals surface area contributed by atoms with Crippen molar-refractivity contribution in [1.82, 2.24) is 20.7 Å². The molecule has 2 aromatic rings.